The summed E-state index contributed by atoms with van der Waals surface area (Å²) in [5.74, 6) is -0.279. The number of aliphatic hydroxyl groups excluding tert-OH is 11. The van der Waals surface area contributed by atoms with Crippen LogP contribution in [0.2, 0.25) is 0 Å². The molecule has 0 aliphatic carbocycles. The molecule has 0 bridgehead atoms. The van der Waals surface area contributed by atoms with Crippen molar-refractivity contribution in [1.82, 2.24) is 5.32 Å². The highest BCUT2D eigenvalue weighted by molar-refractivity contribution is 5.76. The molecule has 0 radical (unpaired) electrons. The summed E-state index contributed by atoms with van der Waals surface area (Å²) < 4.78 is 34.4. The number of carbonyl (C=O) groups is 1. The van der Waals surface area contributed by atoms with Gasteiger partial charge in [0.2, 0.25) is 5.91 Å². The summed E-state index contributed by atoms with van der Waals surface area (Å²) in [5.41, 5.74) is 0. The molecule has 101 heavy (non-hydrogen) atoms. The number of rotatable bonds is 59. The zero-order chi connectivity index (χ0) is 73.2. The SMILES string of the molecule is CC/C=C\C/C=C\C/C=C\C/C=C\C/C=C\C/C=C\C/C=C\C/C=C\C/C=C\C/C=C\C/C=C\CCCCCC(=O)NC(COC1OC(CO)C(OC2OC(CO)C(OC3OC(CO)C(O)C(O)C3O)C(O)C2O)C(O)C1O)C(O)CCCCCCCCCCCCCCCCCCCCC. The fourth-order valence-electron chi connectivity index (χ4n) is 12.3. The summed E-state index contributed by atoms with van der Waals surface area (Å²) >= 11 is 0. The van der Waals surface area contributed by atoms with Crippen LogP contribution in [-0.4, -0.2) is 193 Å². The highest BCUT2D eigenvalue weighted by Crippen LogP contribution is 2.33. The largest absolute Gasteiger partial charge is 0.394 e. The smallest absolute Gasteiger partial charge is 0.220 e. The predicted octanol–water partition coefficient (Wildman–Crippen LogP) is 12.5. The number of hydrogen-bond donors (Lipinski definition) is 12. The molecule has 0 aromatic heterocycles. The second kappa shape index (κ2) is 61.1. The normalized spacial score (nSPS) is 27.1. The Labute approximate surface area is 607 Å². The number of allylic oxidation sites excluding steroid dienone is 22. The third-order valence-corrected chi connectivity index (χ3v) is 18.5. The molecule has 0 spiro atoms. The van der Waals surface area contributed by atoms with E-state index in [4.69, 9.17) is 28.4 Å². The molecule has 3 rings (SSSR count). The lowest BCUT2D eigenvalue weighted by Crippen LogP contribution is -2.66. The van der Waals surface area contributed by atoms with E-state index in [0.717, 1.165) is 109 Å². The molecule has 3 fully saturated rings. The van der Waals surface area contributed by atoms with E-state index in [1.165, 1.54) is 96.3 Å². The second-order valence-electron chi connectivity index (χ2n) is 27.1. The molecule has 3 aliphatic heterocycles. The molecule has 578 valence electrons. The van der Waals surface area contributed by atoms with Crippen molar-refractivity contribution in [3.05, 3.63) is 134 Å². The molecular formula is C82H137NO18. The average molecular weight is 1420 g/mol. The Morgan fingerprint density at radius 1 is 0.366 bits per heavy atom. The lowest BCUT2D eigenvalue weighted by molar-refractivity contribution is -0.379. The van der Waals surface area contributed by atoms with E-state index < -0.39 is 124 Å². The van der Waals surface area contributed by atoms with Gasteiger partial charge in [-0.15, -0.1) is 0 Å². The van der Waals surface area contributed by atoms with Gasteiger partial charge in [0.05, 0.1) is 38.6 Å². The van der Waals surface area contributed by atoms with Crippen LogP contribution in [0.15, 0.2) is 134 Å². The van der Waals surface area contributed by atoms with Crippen LogP contribution in [0.3, 0.4) is 0 Å². The highest BCUT2D eigenvalue weighted by Gasteiger charge is 2.54. The van der Waals surface area contributed by atoms with Gasteiger partial charge in [-0.05, 0) is 96.3 Å². The minimum Gasteiger partial charge on any atom is -0.394 e. The highest BCUT2D eigenvalue weighted by atomic mass is 16.8. The van der Waals surface area contributed by atoms with E-state index in [0.29, 0.717) is 19.3 Å². The van der Waals surface area contributed by atoms with Gasteiger partial charge in [-0.1, -0.05) is 276 Å². The molecule has 19 nitrogen and oxygen atoms in total. The van der Waals surface area contributed by atoms with Crippen molar-refractivity contribution >= 4 is 5.91 Å². The number of carbonyl (C=O) groups excluding carboxylic acids is 1. The molecule has 19 heteroatoms. The maximum Gasteiger partial charge on any atom is 0.220 e. The summed E-state index contributed by atoms with van der Waals surface area (Å²) in [6.07, 6.45) is 59.5. The van der Waals surface area contributed by atoms with E-state index in [2.05, 4.69) is 153 Å². The van der Waals surface area contributed by atoms with Crippen LogP contribution in [0.5, 0.6) is 0 Å². The molecule has 3 heterocycles. The van der Waals surface area contributed by atoms with E-state index >= 15 is 0 Å². The predicted molar refractivity (Wildman–Crippen MR) is 401 cm³/mol. The first-order valence-electron chi connectivity index (χ1n) is 38.9. The molecule has 3 aliphatic rings. The van der Waals surface area contributed by atoms with E-state index in [-0.39, 0.29) is 18.9 Å². The van der Waals surface area contributed by atoms with Gasteiger partial charge in [-0.2, -0.15) is 0 Å². The van der Waals surface area contributed by atoms with Crippen molar-refractivity contribution < 1.29 is 89.4 Å². The summed E-state index contributed by atoms with van der Waals surface area (Å²) in [4.78, 5) is 13.5. The van der Waals surface area contributed by atoms with E-state index in [1.807, 2.05) is 0 Å². The fourth-order valence-corrected chi connectivity index (χ4v) is 12.3. The lowest BCUT2D eigenvalue weighted by Gasteiger charge is -2.48. The minimum atomic E-state index is -1.98. The lowest BCUT2D eigenvalue weighted by atomic mass is 9.96. The van der Waals surface area contributed by atoms with Gasteiger partial charge < -0.3 is 89.9 Å². The summed E-state index contributed by atoms with van der Waals surface area (Å²) in [6.45, 7) is 1.66. The van der Waals surface area contributed by atoms with Crippen LogP contribution in [0.1, 0.15) is 245 Å². The van der Waals surface area contributed by atoms with Crippen LogP contribution in [0.25, 0.3) is 0 Å². The van der Waals surface area contributed by atoms with Gasteiger partial charge in [0.15, 0.2) is 18.9 Å². The van der Waals surface area contributed by atoms with Crippen LogP contribution in [0.4, 0.5) is 0 Å². The first-order valence-corrected chi connectivity index (χ1v) is 38.9. The number of nitrogens with one attached hydrogen (secondary N) is 1. The van der Waals surface area contributed by atoms with Crippen molar-refractivity contribution in [2.45, 2.75) is 349 Å². The quantitative estimate of drug-likeness (QED) is 0.0199. The molecule has 0 aromatic rings. The average Bonchev–Trinajstić information content (AvgIpc) is 0.789. The third-order valence-electron chi connectivity index (χ3n) is 18.5. The monoisotopic (exact) mass is 1420 g/mol. The number of hydrogen-bond acceptors (Lipinski definition) is 18. The topological polar surface area (TPSA) is 307 Å². The van der Waals surface area contributed by atoms with Crippen LogP contribution < -0.4 is 5.32 Å². The molecule has 3 saturated heterocycles. The molecule has 17 unspecified atom stereocenters. The molecule has 0 aromatic carbocycles. The Balaban J connectivity index is 1.39. The number of ether oxygens (including phenoxy) is 6. The van der Waals surface area contributed by atoms with Crippen molar-refractivity contribution in [2.75, 3.05) is 26.4 Å². The van der Waals surface area contributed by atoms with Gasteiger partial charge in [-0.3, -0.25) is 4.79 Å². The standard InChI is InChI=1S/C82H137NO18/c1-3-5-7-9-11-13-15-17-19-21-23-24-25-26-27-28-29-30-31-32-33-34-35-36-37-38-39-40-42-44-46-48-50-52-54-56-58-60-70(88)83-65(66(87)59-57-55-53-51-49-47-45-43-41-22-20-18-16-14-12-10-8-6-4-2)64-96-80-76(94)73(91)78(68(62-85)98-80)101-82-77(95)74(92)79(69(63-86)99-82)100-81-75(93)72(90)71(89)67(61-84)97-81/h5,7,11,13,17,19,23-24,26-27,29-30,32-33,35-36,38-39,42,44,48,50,65-69,71-82,84-87,89-95H,3-4,6,8-10,12,14-16,18,20-22,25,28,31,34,37,40-41,43,45-47,49,51-64H2,1-2H3,(H,83,88)/b7-5-,13-11-,19-17-,24-23-,27-26-,30-29-,33-32-,36-35-,39-38-,44-42-,50-48-. The van der Waals surface area contributed by atoms with Crippen molar-refractivity contribution in [3.8, 4) is 0 Å². The Kier molecular flexibility index (Phi) is 55.2. The van der Waals surface area contributed by atoms with E-state index in [9.17, 15) is 61.0 Å². The fraction of sp³-hybridized carbons (Fsp3) is 0.720. The van der Waals surface area contributed by atoms with Crippen molar-refractivity contribution in [3.63, 3.8) is 0 Å². The molecule has 0 saturated carbocycles. The van der Waals surface area contributed by atoms with Gasteiger partial charge in [0.1, 0.15) is 73.2 Å². The van der Waals surface area contributed by atoms with Crippen LogP contribution in [-0.2, 0) is 33.2 Å². The first kappa shape index (κ1) is 91.1. The van der Waals surface area contributed by atoms with Crippen molar-refractivity contribution in [1.29, 1.82) is 0 Å². The number of aliphatic hydroxyl groups is 11. The number of amides is 1. The van der Waals surface area contributed by atoms with Gasteiger partial charge >= 0.3 is 0 Å². The summed E-state index contributed by atoms with van der Waals surface area (Å²) in [7, 11) is 0. The summed E-state index contributed by atoms with van der Waals surface area (Å²) in [6, 6.07) is -0.916. The minimum absolute atomic E-state index is 0.218. The Morgan fingerprint density at radius 2 is 0.683 bits per heavy atom. The van der Waals surface area contributed by atoms with E-state index in [1.54, 1.807) is 0 Å². The number of unbranched alkanes of at least 4 members (excludes halogenated alkanes) is 21. The Hall–Kier alpha value is -4.07. The maximum atomic E-state index is 13.5. The van der Waals surface area contributed by atoms with Crippen molar-refractivity contribution in [2.24, 2.45) is 0 Å². The Morgan fingerprint density at radius 3 is 1.06 bits per heavy atom. The van der Waals surface area contributed by atoms with Crippen LogP contribution >= 0.6 is 0 Å². The maximum absolute atomic E-state index is 13.5. The van der Waals surface area contributed by atoms with Gasteiger partial charge in [-0.25, -0.2) is 0 Å². The second-order valence-corrected chi connectivity index (χ2v) is 27.1. The zero-order valence-corrected chi connectivity index (χ0v) is 61.6. The molecular weight excluding hydrogens is 1290 g/mol. The zero-order valence-electron chi connectivity index (χ0n) is 61.6. The molecule has 12 N–H and O–H groups in total. The van der Waals surface area contributed by atoms with Crippen LogP contribution in [0, 0.1) is 0 Å². The third kappa shape index (κ3) is 41.4. The van der Waals surface area contributed by atoms with Gasteiger partial charge in [0, 0.05) is 6.42 Å². The first-order chi connectivity index (χ1) is 49.3. The summed E-state index contributed by atoms with van der Waals surface area (Å²) in [5, 5.41) is 121. The molecule has 17 atom stereocenters. The Bertz CT molecular complexity index is 2350. The van der Waals surface area contributed by atoms with Gasteiger partial charge in [0.25, 0.3) is 0 Å². The molecule has 1 amide bonds.